The molecule has 1 aliphatic rings. The van der Waals surface area contributed by atoms with Gasteiger partial charge in [-0.1, -0.05) is 15.9 Å². The van der Waals surface area contributed by atoms with Crippen LogP contribution >= 0.6 is 15.9 Å². The van der Waals surface area contributed by atoms with E-state index in [0.717, 1.165) is 56.2 Å². The van der Waals surface area contributed by atoms with Gasteiger partial charge in [-0.3, -0.25) is 9.97 Å². The van der Waals surface area contributed by atoms with Crippen molar-refractivity contribution < 1.29 is 23.9 Å². The summed E-state index contributed by atoms with van der Waals surface area (Å²) in [6.45, 7) is 0. The van der Waals surface area contributed by atoms with Gasteiger partial charge >= 0.3 is 0 Å². The molecule has 4 N–H and O–H groups in total. The second kappa shape index (κ2) is 14.4. The summed E-state index contributed by atoms with van der Waals surface area (Å²) in [5, 5.41) is 28.0. The number of hydrogen-bond donors (Lipinski definition) is 4. The molecule has 10 nitrogen and oxygen atoms in total. The molecule has 0 amide bonds. The number of nitrogens with one attached hydrogen (secondary N) is 2. The quantitative estimate of drug-likeness (QED) is 0.127. The first-order valence-electron chi connectivity index (χ1n) is 15.2. The Kier molecular flexibility index (Phi) is 9.83. The van der Waals surface area contributed by atoms with Gasteiger partial charge in [0.15, 0.2) is 0 Å². The molecule has 0 aliphatic carbocycles. The number of benzene rings is 4. The van der Waals surface area contributed by atoms with E-state index in [4.69, 9.17) is 9.47 Å². The number of hydrogen-bond acceptors (Lipinski definition) is 10. The molecule has 0 atom stereocenters. The van der Waals surface area contributed by atoms with Crippen molar-refractivity contribution in [3.63, 3.8) is 0 Å². The van der Waals surface area contributed by atoms with Gasteiger partial charge in [0, 0.05) is 98.3 Å². The number of halogens is 1. The van der Waals surface area contributed by atoms with E-state index >= 15 is 0 Å². The number of pyridine rings is 2. The van der Waals surface area contributed by atoms with Crippen LogP contribution in [0, 0.1) is 0 Å². The highest BCUT2D eigenvalue weighted by molar-refractivity contribution is 9.10. The molecular weight excluding hydrogens is 694 g/mol. The lowest BCUT2D eigenvalue weighted by Gasteiger charge is -2.12. The van der Waals surface area contributed by atoms with E-state index in [2.05, 4.69) is 40.9 Å². The molecule has 0 radical (unpaired) electrons. The summed E-state index contributed by atoms with van der Waals surface area (Å²) in [5.74, 6) is 2.76. The van der Waals surface area contributed by atoms with E-state index in [-0.39, 0.29) is 11.5 Å². The van der Waals surface area contributed by atoms with E-state index in [1.807, 2.05) is 54.6 Å². The molecule has 0 bridgehead atoms. The zero-order chi connectivity index (χ0) is 33.7. The molecule has 2 aromatic heterocycles. The third kappa shape index (κ3) is 7.89. The van der Waals surface area contributed by atoms with Crippen LogP contribution in [0.25, 0.3) is 21.8 Å². The van der Waals surface area contributed by atoms with Gasteiger partial charge in [0.1, 0.15) is 23.0 Å². The normalized spacial score (nSPS) is 13.4. The van der Waals surface area contributed by atoms with Crippen molar-refractivity contribution in [3.05, 3.63) is 102 Å². The maximum Gasteiger partial charge on any atom is 0.124 e. The summed E-state index contributed by atoms with van der Waals surface area (Å²) < 4.78 is 28.6. The third-order valence-corrected chi connectivity index (χ3v) is 10.6. The van der Waals surface area contributed by atoms with E-state index in [1.54, 1.807) is 56.9 Å². The van der Waals surface area contributed by atoms with Crippen LogP contribution in [-0.2, 0) is 9.73 Å². The molecule has 0 spiro atoms. The average Bonchev–Trinajstić information content (AvgIpc) is 3.50. The van der Waals surface area contributed by atoms with Crippen molar-refractivity contribution in [2.75, 3.05) is 36.4 Å². The zero-order valence-corrected chi connectivity index (χ0v) is 28.7. The van der Waals surface area contributed by atoms with Crippen molar-refractivity contribution in [1.29, 1.82) is 0 Å². The lowest BCUT2D eigenvalue weighted by atomic mass is 10.1. The maximum atomic E-state index is 12.7. The minimum Gasteiger partial charge on any atom is -0.508 e. The van der Waals surface area contributed by atoms with Crippen molar-refractivity contribution >= 4 is 75.9 Å². The first-order chi connectivity index (χ1) is 23.2. The summed E-state index contributed by atoms with van der Waals surface area (Å²) in [5.41, 5.74) is 5.60. The van der Waals surface area contributed by atoms with Gasteiger partial charge in [-0.15, -0.1) is 0 Å². The van der Waals surface area contributed by atoms with Crippen LogP contribution in [0.4, 0.5) is 28.4 Å². The van der Waals surface area contributed by atoms with Crippen molar-refractivity contribution in [1.82, 2.24) is 9.97 Å². The molecule has 6 aromatic rings. The molecule has 7 rings (SSSR count). The Balaban J connectivity index is 0.000000173. The number of rotatable bonds is 7. The fraction of sp³-hybridized carbons (Fsp3) is 0.167. The number of phenols is 2. The Morgan fingerprint density at radius 2 is 1.23 bits per heavy atom. The number of ether oxygens (including phenoxy) is 2. The second-order valence-electron chi connectivity index (χ2n) is 11.1. The predicted octanol–water partition coefficient (Wildman–Crippen LogP) is 9.04. The number of phenolic OH excluding ortho intramolecular Hbond substituents is 2. The Morgan fingerprint density at radius 1 is 0.708 bits per heavy atom. The van der Waals surface area contributed by atoms with Gasteiger partial charge in [-0.05, 0) is 61.4 Å². The zero-order valence-electron chi connectivity index (χ0n) is 26.3. The molecule has 48 heavy (non-hydrogen) atoms. The predicted molar refractivity (Wildman–Crippen MR) is 196 cm³/mol. The molecule has 1 aliphatic heterocycles. The lowest BCUT2D eigenvalue weighted by Crippen LogP contribution is -1.99. The smallest absolute Gasteiger partial charge is 0.124 e. The molecule has 3 heterocycles. The maximum absolute atomic E-state index is 12.7. The summed E-state index contributed by atoms with van der Waals surface area (Å²) in [4.78, 5) is 8.74. The highest BCUT2D eigenvalue weighted by Crippen LogP contribution is 2.34. The third-order valence-electron chi connectivity index (χ3n) is 7.69. The molecule has 246 valence electrons. The van der Waals surface area contributed by atoms with Crippen LogP contribution in [-0.4, -0.2) is 50.1 Å². The molecule has 0 unspecified atom stereocenters. The van der Waals surface area contributed by atoms with Gasteiger partial charge in [-0.2, -0.15) is 4.36 Å². The van der Waals surface area contributed by atoms with E-state index in [0.29, 0.717) is 34.4 Å². The fourth-order valence-electron chi connectivity index (χ4n) is 5.43. The Hall–Kier alpha value is -5.07. The number of nitrogens with zero attached hydrogens (tertiary/aromatic N) is 3. The molecule has 0 saturated carbocycles. The number of methoxy groups -OCH3 is 2. The monoisotopic (exact) mass is 727 g/mol. The van der Waals surface area contributed by atoms with Crippen molar-refractivity contribution in [2.24, 2.45) is 4.36 Å². The molecular formula is C36H34BrN5O5S. The van der Waals surface area contributed by atoms with Gasteiger partial charge in [0.25, 0.3) is 0 Å². The van der Waals surface area contributed by atoms with Crippen LogP contribution < -0.4 is 20.1 Å². The minimum atomic E-state index is -2.13. The Bertz CT molecular complexity index is 2230. The van der Waals surface area contributed by atoms with Crippen LogP contribution in [0.5, 0.6) is 23.0 Å². The van der Waals surface area contributed by atoms with E-state index in [9.17, 15) is 14.4 Å². The van der Waals surface area contributed by atoms with Crippen LogP contribution in [0.15, 0.2) is 106 Å². The van der Waals surface area contributed by atoms with Crippen LogP contribution in [0.2, 0.25) is 0 Å². The lowest BCUT2D eigenvalue weighted by molar-refractivity contribution is 0.407. The van der Waals surface area contributed by atoms with Crippen molar-refractivity contribution in [2.45, 2.75) is 12.8 Å². The van der Waals surface area contributed by atoms with Gasteiger partial charge in [0.05, 0.1) is 40.7 Å². The molecule has 1 saturated heterocycles. The number of aromatic nitrogens is 2. The van der Waals surface area contributed by atoms with E-state index in [1.165, 1.54) is 0 Å². The SMILES string of the molecule is COc1cc(O)cc(Nc2ccnc3ccc(Br)cc23)c1.COc1cc(O)cc(Nc2ccnc3ccc(N=S4(=O)CCCC4)cc23)c1. The first-order valence-corrected chi connectivity index (χ1v) is 17.8. The van der Waals surface area contributed by atoms with E-state index < -0.39 is 9.73 Å². The molecule has 4 aromatic carbocycles. The fourth-order valence-corrected chi connectivity index (χ4v) is 7.98. The van der Waals surface area contributed by atoms with Crippen LogP contribution in [0.3, 0.4) is 0 Å². The number of anilines is 4. The summed E-state index contributed by atoms with van der Waals surface area (Å²) >= 11 is 3.47. The topological polar surface area (TPSA) is 138 Å². The van der Waals surface area contributed by atoms with Gasteiger partial charge < -0.3 is 30.3 Å². The number of fused-ring (bicyclic) bond motifs is 2. The van der Waals surface area contributed by atoms with Gasteiger partial charge in [0.2, 0.25) is 0 Å². The van der Waals surface area contributed by atoms with Crippen molar-refractivity contribution in [3.8, 4) is 23.0 Å². The molecule has 12 heteroatoms. The van der Waals surface area contributed by atoms with Crippen LogP contribution in [0.1, 0.15) is 12.8 Å². The van der Waals surface area contributed by atoms with Gasteiger partial charge in [-0.25, -0.2) is 4.21 Å². The largest absolute Gasteiger partial charge is 0.508 e. The number of aromatic hydroxyl groups is 2. The second-order valence-corrected chi connectivity index (χ2v) is 14.6. The summed E-state index contributed by atoms with van der Waals surface area (Å²) in [6.07, 6.45) is 5.42. The summed E-state index contributed by atoms with van der Waals surface area (Å²) in [7, 11) is 0.994. The average molecular weight is 729 g/mol. The first kappa shape index (κ1) is 32.9. The Morgan fingerprint density at radius 3 is 1.77 bits per heavy atom. The molecule has 1 fully saturated rings. The Labute approximate surface area is 287 Å². The minimum absolute atomic E-state index is 0.115. The standard InChI is InChI=1S/C20H21N3O3S.C16H13BrN2O2/c1-26-17-11-15(10-16(24)13-17)22-20-6-7-21-19-5-4-14(12-18(19)20)23-27(25)8-2-3-9-27;1-21-13-8-11(7-12(20)9-13)19-16-4-5-18-15-3-2-10(17)6-14(15)16/h4-7,10-13,24H,2-3,8-9H2,1H3,(H,21,22);2-9,20H,1H3,(H,18,19). The highest BCUT2D eigenvalue weighted by atomic mass is 79.9. The highest BCUT2D eigenvalue weighted by Gasteiger charge is 2.16. The summed E-state index contributed by atoms with van der Waals surface area (Å²) in [6, 6.07) is 25.3.